The number of halogens is 1. The molecule has 7 heteroatoms. The SMILES string of the molecule is CC1CN(C(=O)Nc2ccc(Cl)cc2C(=O)O)CC(C)S1. The number of hydrogen-bond acceptors (Lipinski definition) is 3. The molecule has 0 radical (unpaired) electrons. The third kappa shape index (κ3) is 4.04. The summed E-state index contributed by atoms with van der Waals surface area (Å²) in [4.78, 5) is 25.2. The number of amides is 2. The first-order valence-corrected chi connectivity index (χ1v) is 7.93. The Kier molecular flexibility index (Phi) is 5.00. The maximum absolute atomic E-state index is 12.3. The van der Waals surface area contributed by atoms with Crippen LogP contribution in [0.4, 0.5) is 10.5 Å². The van der Waals surface area contributed by atoms with E-state index < -0.39 is 5.97 Å². The van der Waals surface area contributed by atoms with Gasteiger partial charge in [-0.1, -0.05) is 25.4 Å². The van der Waals surface area contributed by atoms with Gasteiger partial charge in [0.05, 0.1) is 11.3 Å². The Morgan fingerprint density at radius 3 is 2.52 bits per heavy atom. The van der Waals surface area contributed by atoms with Crippen molar-refractivity contribution in [3.05, 3.63) is 28.8 Å². The number of rotatable bonds is 2. The van der Waals surface area contributed by atoms with Crippen LogP contribution in [-0.2, 0) is 0 Å². The fourth-order valence-electron chi connectivity index (χ4n) is 2.34. The summed E-state index contributed by atoms with van der Waals surface area (Å²) in [6, 6.07) is 4.12. The molecule has 0 bridgehead atoms. The number of carbonyl (C=O) groups is 2. The molecule has 5 nitrogen and oxygen atoms in total. The molecule has 2 atom stereocenters. The molecule has 1 aromatic carbocycles. The molecule has 21 heavy (non-hydrogen) atoms. The Morgan fingerprint density at radius 2 is 1.95 bits per heavy atom. The molecule has 0 saturated carbocycles. The van der Waals surface area contributed by atoms with Crippen molar-refractivity contribution < 1.29 is 14.7 Å². The number of hydrogen-bond donors (Lipinski definition) is 2. The third-order valence-electron chi connectivity index (χ3n) is 3.16. The molecular weight excluding hydrogens is 312 g/mol. The number of nitrogens with zero attached hydrogens (tertiary/aromatic N) is 1. The molecule has 1 fully saturated rings. The highest BCUT2D eigenvalue weighted by Crippen LogP contribution is 2.26. The van der Waals surface area contributed by atoms with Crippen LogP contribution >= 0.6 is 23.4 Å². The van der Waals surface area contributed by atoms with Crippen LogP contribution in [0, 0.1) is 0 Å². The van der Waals surface area contributed by atoms with E-state index in [2.05, 4.69) is 19.2 Å². The second-order valence-corrected chi connectivity index (χ2v) is 7.41. The minimum absolute atomic E-state index is 0.0108. The van der Waals surface area contributed by atoms with Crippen molar-refractivity contribution in [1.82, 2.24) is 4.90 Å². The minimum atomic E-state index is -1.12. The normalized spacial score (nSPS) is 22.0. The fraction of sp³-hybridized carbons (Fsp3) is 0.429. The molecule has 2 unspecified atom stereocenters. The van der Waals surface area contributed by atoms with E-state index in [1.807, 2.05) is 11.8 Å². The van der Waals surface area contributed by atoms with Gasteiger partial charge in [0.25, 0.3) is 0 Å². The summed E-state index contributed by atoms with van der Waals surface area (Å²) in [6.07, 6.45) is 0. The molecule has 0 spiro atoms. The quantitative estimate of drug-likeness (QED) is 0.873. The van der Waals surface area contributed by atoms with E-state index in [9.17, 15) is 14.7 Å². The lowest BCUT2D eigenvalue weighted by atomic mass is 10.2. The zero-order chi connectivity index (χ0) is 15.6. The highest BCUT2D eigenvalue weighted by molar-refractivity contribution is 8.00. The standard InChI is InChI=1S/C14H17ClN2O3S/c1-8-6-17(7-9(2)21-8)14(20)16-12-4-3-10(15)5-11(12)13(18)19/h3-5,8-9H,6-7H2,1-2H3,(H,16,20)(H,18,19). The van der Waals surface area contributed by atoms with Crippen LogP contribution in [0.3, 0.4) is 0 Å². The summed E-state index contributed by atoms with van der Waals surface area (Å²) in [7, 11) is 0. The maximum atomic E-state index is 12.3. The van der Waals surface area contributed by atoms with Gasteiger partial charge in [-0.15, -0.1) is 0 Å². The predicted molar refractivity (Wildman–Crippen MR) is 85.5 cm³/mol. The number of carboxylic acids is 1. The molecule has 1 saturated heterocycles. The second kappa shape index (κ2) is 6.58. The first-order chi connectivity index (χ1) is 9.86. The number of anilines is 1. The third-order valence-corrected chi connectivity index (χ3v) is 4.62. The van der Waals surface area contributed by atoms with Gasteiger partial charge >= 0.3 is 12.0 Å². The second-order valence-electron chi connectivity index (χ2n) is 5.09. The molecule has 0 aliphatic carbocycles. The van der Waals surface area contributed by atoms with Crippen LogP contribution in [0.15, 0.2) is 18.2 Å². The Bertz CT molecular complexity index is 557. The number of thioether (sulfide) groups is 1. The average molecular weight is 329 g/mol. The number of carbonyl (C=O) groups excluding carboxylic acids is 1. The van der Waals surface area contributed by atoms with Crippen molar-refractivity contribution in [2.45, 2.75) is 24.3 Å². The number of aromatic carboxylic acids is 1. The van der Waals surface area contributed by atoms with Gasteiger partial charge in [-0.25, -0.2) is 9.59 Å². The van der Waals surface area contributed by atoms with E-state index in [0.29, 0.717) is 28.6 Å². The van der Waals surface area contributed by atoms with Crippen LogP contribution < -0.4 is 5.32 Å². The van der Waals surface area contributed by atoms with Crippen molar-refractivity contribution in [2.24, 2.45) is 0 Å². The van der Waals surface area contributed by atoms with Gasteiger partial charge in [0.1, 0.15) is 0 Å². The Labute approximate surface area is 132 Å². The summed E-state index contributed by atoms with van der Waals surface area (Å²) < 4.78 is 0. The zero-order valence-electron chi connectivity index (χ0n) is 11.8. The lowest BCUT2D eigenvalue weighted by Crippen LogP contribution is -2.46. The van der Waals surface area contributed by atoms with E-state index >= 15 is 0 Å². The summed E-state index contributed by atoms with van der Waals surface area (Å²) in [5, 5.41) is 12.9. The summed E-state index contributed by atoms with van der Waals surface area (Å²) in [5.74, 6) is -1.12. The Balaban J connectivity index is 2.14. The summed E-state index contributed by atoms with van der Waals surface area (Å²) in [5.41, 5.74) is 0.249. The highest BCUT2D eigenvalue weighted by Gasteiger charge is 2.26. The average Bonchev–Trinajstić information content (AvgIpc) is 2.39. The van der Waals surface area contributed by atoms with Gasteiger partial charge in [0.15, 0.2) is 0 Å². The van der Waals surface area contributed by atoms with Crippen molar-refractivity contribution in [3.8, 4) is 0 Å². The number of nitrogens with one attached hydrogen (secondary N) is 1. The summed E-state index contributed by atoms with van der Waals surface area (Å²) >= 11 is 7.64. The van der Waals surface area contributed by atoms with Crippen LogP contribution in [0.5, 0.6) is 0 Å². The number of benzene rings is 1. The molecule has 1 aliphatic rings. The summed E-state index contributed by atoms with van der Waals surface area (Å²) in [6.45, 7) is 5.45. The topological polar surface area (TPSA) is 69.6 Å². The molecule has 114 valence electrons. The number of urea groups is 1. The lowest BCUT2D eigenvalue weighted by molar-refractivity contribution is 0.0698. The van der Waals surface area contributed by atoms with Crippen LogP contribution in [0.1, 0.15) is 24.2 Å². The maximum Gasteiger partial charge on any atom is 0.337 e. The van der Waals surface area contributed by atoms with Gasteiger partial charge < -0.3 is 15.3 Å². The molecule has 1 heterocycles. The van der Waals surface area contributed by atoms with E-state index in [4.69, 9.17) is 11.6 Å². The lowest BCUT2D eigenvalue weighted by Gasteiger charge is -2.34. The molecule has 2 N–H and O–H groups in total. The largest absolute Gasteiger partial charge is 0.478 e. The van der Waals surface area contributed by atoms with Gasteiger partial charge in [-0.2, -0.15) is 11.8 Å². The monoisotopic (exact) mass is 328 g/mol. The predicted octanol–water partition coefficient (Wildman–Crippen LogP) is 3.40. The first kappa shape index (κ1) is 16.0. The van der Waals surface area contributed by atoms with Gasteiger partial charge in [-0.3, -0.25) is 0 Å². The molecule has 2 amide bonds. The van der Waals surface area contributed by atoms with Crippen molar-refractivity contribution >= 4 is 41.1 Å². The molecular formula is C14H17ClN2O3S. The molecule has 0 aromatic heterocycles. The highest BCUT2D eigenvalue weighted by atomic mass is 35.5. The van der Waals surface area contributed by atoms with Gasteiger partial charge in [0.2, 0.25) is 0 Å². The zero-order valence-corrected chi connectivity index (χ0v) is 13.4. The van der Waals surface area contributed by atoms with Crippen LogP contribution in [-0.4, -0.2) is 45.6 Å². The molecule has 1 aliphatic heterocycles. The minimum Gasteiger partial charge on any atom is -0.478 e. The molecule has 2 rings (SSSR count). The van der Waals surface area contributed by atoms with Gasteiger partial charge in [-0.05, 0) is 18.2 Å². The van der Waals surface area contributed by atoms with Crippen LogP contribution in [0.2, 0.25) is 5.02 Å². The number of carboxylic acid groups (broad SMARTS) is 1. The molecule has 1 aromatic rings. The van der Waals surface area contributed by atoms with E-state index in [-0.39, 0.29) is 17.3 Å². The fourth-order valence-corrected chi connectivity index (χ4v) is 3.84. The van der Waals surface area contributed by atoms with Crippen molar-refractivity contribution in [1.29, 1.82) is 0 Å². The van der Waals surface area contributed by atoms with Gasteiger partial charge in [0, 0.05) is 28.6 Å². The van der Waals surface area contributed by atoms with E-state index in [1.165, 1.54) is 12.1 Å². The Hall–Kier alpha value is -1.40. The van der Waals surface area contributed by atoms with E-state index in [1.54, 1.807) is 11.0 Å². The van der Waals surface area contributed by atoms with E-state index in [0.717, 1.165) is 0 Å². The Morgan fingerprint density at radius 1 is 1.33 bits per heavy atom. The first-order valence-electron chi connectivity index (χ1n) is 6.61. The van der Waals surface area contributed by atoms with Crippen molar-refractivity contribution in [3.63, 3.8) is 0 Å². The smallest absolute Gasteiger partial charge is 0.337 e. The van der Waals surface area contributed by atoms with Crippen molar-refractivity contribution in [2.75, 3.05) is 18.4 Å². The van der Waals surface area contributed by atoms with Crippen LogP contribution in [0.25, 0.3) is 0 Å².